The number of ketones is 1. The van der Waals surface area contributed by atoms with Crippen LogP contribution in [0, 0.1) is 6.92 Å². The maximum absolute atomic E-state index is 12.4. The van der Waals surface area contributed by atoms with Crippen LogP contribution in [0.2, 0.25) is 0 Å². The van der Waals surface area contributed by atoms with Gasteiger partial charge in [0, 0.05) is 17.7 Å². The predicted molar refractivity (Wildman–Crippen MR) is 105 cm³/mol. The molecule has 1 aliphatic rings. The van der Waals surface area contributed by atoms with E-state index >= 15 is 0 Å². The fraction of sp³-hybridized carbons (Fsp3) is 0.211. The molecule has 0 fully saturated rings. The molecule has 132 valence electrons. The third-order valence-electron chi connectivity index (χ3n) is 4.01. The molecule has 0 amide bonds. The number of hydrogen-bond donors (Lipinski definition) is 1. The van der Waals surface area contributed by atoms with E-state index < -0.39 is 0 Å². The highest BCUT2D eigenvalue weighted by Gasteiger charge is 2.16. The number of carbonyl (C=O) groups is 1. The summed E-state index contributed by atoms with van der Waals surface area (Å²) in [5, 5.41) is 12.3. The van der Waals surface area contributed by atoms with Crippen LogP contribution in [-0.4, -0.2) is 28.3 Å². The Morgan fingerprint density at radius 2 is 2.19 bits per heavy atom. The molecule has 0 atom stereocenters. The number of aryl methyl sites for hydroxylation is 1. The minimum Gasteiger partial charge on any atom is -0.493 e. The van der Waals surface area contributed by atoms with Crippen LogP contribution in [0.4, 0.5) is 10.8 Å². The summed E-state index contributed by atoms with van der Waals surface area (Å²) >= 11 is 2.86. The summed E-state index contributed by atoms with van der Waals surface area (Å²) < 4.78 is 6.26. The average Bonchev–Trinajstić information content (AvgIpc) is 3.28. The summed E-state index contributed by atoms with van der Waals surface area (Å²) in [5.41, 5.74) is 4.00. The Morgan fingerprint density at radius 1 is 1.27 bits per heavy atom. The van der Waals surface area contributed by atoms with Gasteiger partial charge in [0.05, 0.1) is 12.4 Å². The van der Waals surface area contributed by atoms with Gasteiger partial charge in [-0.1, -0.05) is 35.2 Å². The number of aromatic nitrogens is 2. The number of fused-ring (bicyclic) bond motifs is 1. The number of rotatable bonds is 6. The fourth-order valence-corrected chi connectivity index (χ4v) is 4.40. The summed E-state index contributed by atoms with van der Waals surface area (Å²) in [4.78, 5) is 12.4. The molecule has 7 heteroatoms. The zero-order valence-electron chi connectivity index (χ0n) is 14.2. The first kappa shape index (κ1) is 17.1. The van der Waals surface area contributed by atoms with Crippen molar-refractivity contribution in [1.82, 2.24) is 10.2 Å². The van der Waals surface area contributed by atoms with E-state index in [0.29, 0.717) is 12.4 Å². The van der Waals surface area contributed by atoms with Crippen molar-refractivity contribution in [3.05, 3.63) is 59.2 Å². The van der Waals surface area contributed by atoms with E-state index in [0.717, 1.165) is 38.5 Å². The van der Waals surface area contributed by atoms with Gasteiger partial charge in [-0.15, -0.1) is 10.2 Å². The van der Waals surface area contributed by atoms with E-state index in [1.54, 1.807) is 0 Å². The van der Waals surface area contributed by atoms with Crippen molar-refractivity contribution in [2.75, 3.05) is 17.7 Å². The van der Waals surface area contributed by atoms with Crippen LogP contribution in [0.25, 0.3) is 0 Å². The predicted octanol–water partition coefficient (Wildman–Crippen LogP) is 4.50. The van der Waals surface area contributed by atoms with Crippen LogP contribution in [0.15, 0.2) is 46.8 Å². The number of thioether (sulfide) groups is 1. The van der Waals surface area contributed by atoms with Gasteiger partial charge in [-0.25, -0.2) is 0 Å². The van der Waals surface area contributed by atoms with Crippen molar-refractivity contribution in [3.8, 4) is 5.75 Å². The largest absolute Gasteiger partial charge is 0.493 e. The molecule has 26 heavy (non-hydrogen) atoms. The Bertz CT molecular complexity index is 955. The van der Waals surface area contributed by atoms with Gasteiger partial charge in [-0.3, -0.25) is 4.79 Å². The lowest BCUT2D eigenvalue weighted by Crippen LogP contribution is -2.02. The highest BCUT2D eigenvalue weighted by atomic mass is 32.2. The molecule has 0 spiro atoms. The van der Waals surface area contributed by atoms with E-state index in [1.807, 2.05) is 43.3 Å². The monoisotopic (exact) mass is 383 g/mol. The summed E-state index contributed by atoms with van der Waals surface area (Å²) in [6.45, 7) is 2.74. The second kappa shape index (κ2) is 7.47. The van der Waals surface area contributed by atoms with Gasteiger partial charge in [-0.05, 0) is 48.4 Å². The number of benzene rings is 2. The lowest BCUT2D eigenvalue weighted by molar-refractivity contribution is 0.102. The van der Waals surface area contributed by atoms with Gasteiger partial charge in [-0.2, -0.15) is 0 Å². The number of ether oxygens (including phenoxy) is 1. The van der Waals surface area contributed by atoms with Crippen LogP contribution >= 0.6 is 23.1 Å². The molecule has 0 saturated carbocycles. The minimum atomic E-state index is 0.0908. The van der Waals surface area contributed by atoms with Crippen molar-refractivity contribution in [2.45, 2.75) is 17.7 Å². The number of Topliss-reactive ketones (excluding diaryl/α,β-unsaturated/α-hetero) is 1. The van der Waals surface area contributed by atoms with Gasteiger partial charge in [0.15, 0.2) is 10.1 Å². The van der Waals surface area contributed by atoms with E-state index in [2.05, 4.69) is 21.6 Å². The highest BCUT2D eigenvalue weighted by molar-refractivity contribution is 8.01. The molecule has 1 aliphatic heterocycles. The van der Waals surface area contributed by atoms with Crippen LogP contribution in [0.5, 0.6) is 5.75 Å². The maximum Gasteiger partial charge on any atom is 0.210 e. The van der Waals surface area contributed by atoms with Crippen molar-refractivity contribution >= 4 is 39.7 Å². The standard InChI is InChI=1S/C19H17N3O2S2/c1-12-3-2-4-15(9-12)20-18-21-22-19(26-18)25-11-16(23)13-5-6-17-14(10-13)7-8-24-17/h2-6,9-10H,7-8,11H2,1H3,(H,20,21). The molecule has 0 aliphatic carbocycles. The van der Waals surface area contributed by atoms with Gasteiger partial charge in [0.25, 0.3) is 0 Å². The third-order valence-corrected chi connectivity index (χ3v) is 5.99. The van der Waals surface area contributed by atoms with E-state index in [9.17, 15) is 4.79 Å². The lowest BCUT2D eigenvalue weighted by atomic mass is 10.1. The molecule has 2 aromatic carbocycles. The lowest BCUT2D eigenvalue weighted by Gasteiger charge is -2.03. The molecule has 1 N–H and O–H groups in total. The molecule has 2 heterocycles. The third kappa shape index (κ3) is 3.89. The Morgan fingerprint density at radius 3 is 3.08 bits per heavy atom. The molecule has 5 nitrogen and oxygen atoms in total. The van der Waals surface area contributed by atoms with E-state index in [1.165, 1.54) is 28.7 Å². The Labute approximate surface area is 159 Å². The Balaban J connectivity index is 1.36. The second-order valence-electron chi connectivity index (χ2n) is 6.00. The number of anilines is 2. The topological polar surface area (TPSA) is 64.1 Å². The summed E-state index contributed by atoms with van der Waals surface area (Å²) in [6.07, 6.45) is 0.869. The highest BCUT2D eigenvalue weighted by Crippen LogP contribution is 2.30. The maximum atomic E-state index is 12.4. The summed E-state index contributed by atoms with van der Waals surface area (Å²) in [7, 11) is 0. The number of hydrogen-bond acceptors (Lipinski definition) is 7. The van der Waals surface area contributed by atoms with Gasteiger partial charge in [0.1, 0.15) is 5.75 Å². The van der Waals surface area contributed by atoms with E-state index in [4.69, 9.17) is 4.74 Å². The van der Waals surface area contributed by atoms with Gasteiger partial charge < -0.3 is 10.1 Å². The first-order valence-electron chi connectivity index (χ1n) is 8.26. The SMILES string of the molecule is Cc1cccc(Nc2nnc(SCC(=O)c3ccc4c(c3)CCO4)s2)c1. The summed E-state index contributed by atoms with van der Waals surface area (Å²) in [5.74, 6) is 1.33. The van der Waals surface area contributed by atoms with E-state index in [-0.39, 0.29) is 5.78 Å². The quantitative estimate of drug-likeness (QED) is 0.499. The molecule has 0 radical (unpaired) electrons. The molecule has 0 saturated heterocycles. The van der Waals surface area contributed by atoms with Crippen LogP contribution in [-0.2, 0) is 6.42 Å². The first-order chi connectivity index (χ1) is 12.7. The number of carbonyl (C=O) groups excluding carboxylic acids is 1. The molecular weight excluding hydrogens is 366 g/mol. The molecule has 1 aromatic heterocycles. The van der Waals surface area contributed by atoms with Crippen LogP contribution in [0.3, 0.4) is 0 Å². The zero-order chi connectivity index (χ0) is 17.9. The minimum absolute atomic E-state index is 0.0908. The number of nitrogens with one attached hydrogen (secondary N) is 1. The van der Waals surface area contributed by atoms with Crippen LogP contribution in [0.1, 0.15) is 21.5 Å². The Kier molecular flexibility index (Phi) is 4.90. The summed E-state index contributed by atoms with van der Waals surface area (Å²) in [6, 6.07) is 13.7. The normalized spacial score (nSPS) is 12.5. The Hall–Kier alpha value is -2.38. The van der Waals surface area contributed by atoms with Crippen molar-refractivity contribution in [1.29, 1.82) is 0 Å². The van der Waals surface area contributed by atoms with Crippen molar-refractivity contribution in [2.24, 2.45) is 0 Å². The van der Waals surface area contributed by atoms with Crippen molar-refractivity contribution < 1.29 is 9.53 Å². The number of nitrogens with zero attached hydrogens (tertiary/aromatic N) is 2. The van der Waals surface area contributed by atoms with Crippen molar-refractivity contribution in [3.63, 3.8) is 0 Å². The fourth-order valence-electron chi connectivity index (χ4n) is 2.74. The molecule has 3 aromatic rings. The molecule has 0 bridgehead atoms. The molecule has 0 unspecified atom stereocenters. The van der Waals surface area contributed by atoms with Gasteiger partial charge >= 0.3 is 0 Å². The smallest absolute Gasteiger partial charge is 0.210 e. The average molecular weight is 383 g/mol. The molecular formula is C19H17N3O2S2. The first-order valence-corrected chi connectivity index (χ1v) is 10.1. The molecule has 4 rings (SSSR count). The second-order valence-corrected chi connectivity index (χ2v) is 8.20. The van der Waals surface area contributed by atoms with Crippen LogP contribution < -0.4 is 10.1 Å². The van der Waals surface area contributed by atoms with Gasteiger partial charge in [0.2, 0.25) is 5.13 Å². The zero-order valence-corrected chi connectivity index (χ0v) is 15.8.